The highest BCUT2D eigenvalue weighted by molar-refractivity contribution is 6.31. The van der Waals surface area contributed by atoms with Gasteiger partial charge in [0, 0.05) is 23.0 Å². The first-order chi connectivity index (χ1) is 9.60. The van der Waals surface area contributed by atoms with E-state index in [0.29, 0.717) is 18.4 Å². The molecule has 0 saturated heterocycles. The highest BCUT2D eigenvalue weighted by Gasteiger charge is 2.13. The number of hydrogen-bond acceptors (Lipinski definition) is 2. The van der Waals surface area contributed by atoms with E-state index in [4.69, 9.17) is 16.3 Å². The minimum Gasteiger partial charge on any atom is -0.493 e. The average Bonchev–Trinajstić information content (AvgIpc) is 2.34. The molecule has 1 aromatic carbocycles. The molecule has 0 spiro atoms. The molecule has 0 saturated carbocycles. The van der Waals surface area contributed by atoms with Gasteiger partial charge in [0.05, 0.1) is 6.61 Å². The van der Waals surface area contributed by atoms with Crippen molar-refractivity contribution in [3.05, 3.63) is 28.3 Å². The number of halogens is 1. The monoisotopic (exact) mass is 311 g/mol. The van der Waals surface area contributed by atoms with E-state index in [1.54, 1.807) is 0 Å². The van der Waals surface area contributed by atoms with Crippen LogP contribution in [0.3, 0.4) is 0 Å². The Morgan fingerprint density at radius 1 is 1.19 bits per heavy atom. The second kappa shape index (κ2) is 7.51. The Balaban J connectivity index is 2.65. The number of aryl methyl sites for hydroxylation is 1. The Bertz CT molecular complexity index is 463. The lowest BCUT2D eigenvalue weighted by molar-refractivity contribution is 0.243. The fourth-order valence-electron chi connectivity index (χ4n) is 2.04. The van der Waals surface area contributed by atoms with Crippen LogP contribution in [-0.4, -0.2) is 18.7 Å². The zero-order chi connectivity index (χ0) is 16.2. The SMILES string of the molecule is Cc1cc(Cl)c(C(C)C)cc1OCC(C)CNC(C)(C)C. The summed E-state index contributed by atoms with van der Waals surface area (Å²) >= 11 is 6.29. The van der Waals surface area contributed by atoms with Gasteiger partial charge in [-0.25, -0.2) is 0 Å². The molecule has 0 aliphatic rings. The first-order valence-corrected chi connectivity index (χ1v) is 8.16. The van der Waals surface area contributed by atoms with Gasteiger partial charge in [-0.3, -0.25) is 0 Å². The summed E-state index contributed by atoms with van der Waals surface area (Å²) in [5.41, 5.74) is 2.40. The normalized spacial score (nSPS) is 13.6. The zero-order valence-corrected chi connectivity index (χ0v) is 15.3. The third kappa shape index (κ3) is 6.27. The molecule has 1 rings (SSSR count). The molecule has 0 fully saturated rings. The Kier molecular flexibility index (Phi) is 6.55. The number of ether oxygens (including phenoxy) is 1. The van der Waals surface area contributed by atoms with Gasteiger partial charge in [-0.2, -0.15) is 0 Å². The van der Waals surface area contributed by atoms with Crippen LogP contribution in [0.1, 0.15) is 58.6 Å². The molecule has 0 amide bonds. The van der Waals surface area contributed by atoms with Gasteiger partial charge in [-0.05, 0) is 56.9 Å². The van der Waals surface area contributed by atoms with Crippen molar-refractivity contribution in [2.24, 2.45) is 5.92 Å². The summed E-state index contributed by atoms with van der Waals surface area (Å²) in [5.74, 6) is 1.81. The standard InChI is InChI=1S/C18H30ClNO/c1-12(2)15-9-17(14(4)8-16(15)19)21-11-13(3)10-20-18(5,6)7/h8-9,12-13,20H,10-11H2,1-7H3. The third-order valence-electron chi connectivity index (χ3n) is 3.42. The van der Waals surface area contributed by atoms with E-state index in [1.165, 1.54) is 0 Å². The first kappa shape index (κ1) is 18.3. The Hall–Kier alpha value is -0.730. The molecule has 1 atom stereocenters. The van der Waals surface area contributed by atoms with Gasteiger partial charge in [-0.1, -0.05) is 32.4 Å². The molecule has 3 heteroatoms. The number of nitrogens with one attached hydrogen (secondary N) is 1. The molecule has 0 bridgehead atoms. The Morgan fingerprint density at radius 2 is 1.81 bits per heavy atom. The van der Waals surface area contributed by atoms with E-state index in [0.717, 1.165) is 28.4 Å². The second-order valence-electron chi connectivity index (χ2n) is 7.34. The van der Waals surface area contributed by atoms with Crippen molar-refractivity contribution >= 4 is 11.6 Å². The van der Waals surface area contributed by atoms with Crippen molar-refractivity contribution < 1.29 is 4.74 Å². The van der Waals surface area contributed by atoms with Crippen LogP contribution in [0.5, 0.6) is 5.75 Å². The van der Waals surface area contributed by atoms with Crippen LogP contribution in [0.25, 0.3) is 0 Å². The molecular weight excluding hydrogens is 282 g/mol. The van der Waals surface area contributed by atoms with Crippen molar-refractivity contribution in [1.82, 2.24) is 5.32 Å². The van der Waals surface area contributed by atoms with E-state index in [9.17, 15) is 0 Å². The molecule has 0 aromatic heterocycles. The molecule has 0 radical (unpaired) electrons. The topological polar surface area (TPSA) is 21.3 Å². The average molecular weight is 312 g/mol. The summed E-state index contributed by atoms with van der Waals surface area (Å²) in [6.45, 7) is 16.7. The van der Waals surface area contributed by atoms with Crippen LogP contribution in [0.15, 0.2) is 12.1 Å². The first-order valence-electron chi connectivity index (χ1n) is 7.78. The van der Waals surface area contributed by atoms with E-state index in [2.05, 4.69) is 52.9 Å². The van der Waals surface area contributed by atoms with Gasteiger partial charge in [-0.15, -0.1) is 0 Å². The maximum atomic E-state index is 6.29. The quantitative estimate of drug-likeness (QED) is 0.782. The minimum absolute atomic E-state index is 0.148. The van der Waals surface area contributed by atoms with Crippen molar-refractivity contribution in [2.75, 3.05) is 13.2 Å². The van der Waals surface area contributed by atoms with Crippen LogP contribution in [0, 0.1) is 12.8 Å². The van der Waals surface area contributed by atoms with E-state index >= 15 is 0 Å². The molecule has 1 N–H and O–H groups in total. The predicted molar refractivity (Wildman–Crippen MR) is 92.7 cm³/mol. The summed E-state index contributed by atoms with van der Waals surface area (Å²) in [6.07, 6.45) is 0. The maximum absolute atomic E-state index is 6.29. The Morgan fingerprint density at radius 3 is 2.33 bits per heavy atom. The molecule has 21 heavy (non-hydrogen) atoms. The largest absolute Gasteiger partial charge is 0.493 e. The van der Waals surface area contributed by atoms with Gasteiger partial charge in [0.25, 0.3) is 0 Å². The smallest absolute Gasteiger partial charge is 0.122 e. The summed E-state index contributed by atoms with van der Waals surface area (Å²) in [5, 5.41) is 4.34. The lowest BCUT2D eigenvalue weighted by Crippen LogP contribution is -2.39. The van der Waals surface area contributed by atoms with Crippen LogP contribution in [0.4, 0.5) is 0 Å². The second-order valence-corrected chi connectivity index (χ2v) is 7.75. The highest BCUT2D eigenvalue weighted by atomic mass is 35.5. The zero-order valence-electron chi connectivity index (χ0n) is 14.5. The fourth-order valence-corrected chi connectivity index (χ4v) is 2.47. The molecular formula is C18H30ClNO. The van der Waals surface area contributed by atoms with E-state index in [1.807, 2.05) is 13.0 Å². The van der Waals surface area contributed by atoms with Crippen LogP contribution in [-0.2, 0) is 0 Å². The lowest BCUT2D eigenvalue weighted by Gasteiger charge is -2.24. The predicted octanol–water partition coefficient (Wildman–Crippen LogP) is 5.17. The van der Waals surface area contributed by atoms with Gasteiger partial charge in [0.1, 0.15) is 5.75 Å². The molecule has 2 nitrogen and oxygen atoms in total. The molecule has 120 valence electrons. The fraction of sp³-hybridized carbons (Fsp3) is 0.667. The van der Waals surface area contributed by atoms with Crippen LogP contribution < -0.4 is 10.1 Å². The van der Waals surface area contributed by atoms with Gasteiger partial charge in [0.15, 0.2) is 0 Å². The van der Waals surface area contributed by atoms with Gasteiger partial charge >= 0.3 is 0 Å². The number of rotatable bonds is 6. The molecule has 0 heterocycles. The molecule has 0 aliphatic carbocycles. The summed E-state index contributed by atoms with van der Waals surface area (Å²) in [4.78, 5) is 0. The third-order valence-corrected chi connectivity index (χ3v) is 3.75. The van der Waals surface area contributed by atoms with Gasteiger partial charge in [0.2, 0.25) is 0 Å². The van der Waals surface area contributed by atoms with Crippen molar-refractivity contribution in [1.29, 1.82) is 0 Å². The summed E-state index contributed by atoms with van der Waals surface area (Å²) in [7, 11) is 0. The molecule has 0 aliphatic heterocycles. The number of benzene rings is 1. The maximum Gasteiger partial charge on any atom is 0.122 e. The molecule has 1 aromatic rings. The van der Waals surface area contributed by atoms with E-state index < -0.39 is 0 Å². The van der Waals surface area contributed by atoms with Crippen molar-refractivity contribution in [3.8, 4) is 5.75 Å². The highest BCUT2D eigenvalue weighted by Crippen LogP contribution is 2.31. The van der Waals surface area contributed by atoms with Crippen molar-refractivity contribution in [2.45, 2.75) is 59.9 Å². The van der Waals surface area contributed by atoms with Crippen LogP contribution in [0.2, 0.25) is 5.02 Å². The number of hydrogen-bond donors (Lipinski definition) is 1. The Labute approximate surface area is 135 Å². The summed E-state index contributed by atoms with van der Waals surface area (Å²) < 4.78 is 6.01. The molecule has 1 unspecified atom stereocenters. The lowest BCUT2D eigenvalue weighted by atomic mass is 10.0. The van der Waals surface area contributed by atoms with E-state index in [-0.39, 0.29) is 5.54 Å². The van der Waals surface area contributed by atoms with Crippen molar-refractivity contribution in [3.63, 3.8) is 0 Å². The van der Waals surface area contributed by atoms with Crippen LogP contribution >= 0.6 is 11.6 Å². The minimum atomic E-state index is 0.148. The van der Waals surface area contributed by atoms with Gasteiger partial charge < -0.3 is 10.1 Å². The summed E-state index contributed by atoms with van der Waals surface area (Å²) in [6, 6.07) is 4.09.